The van der Waals surface area contributed by atoms with E-state index < -0.39 is 23.7 Å². The second kappa shape index (κ2) is 8.61. The Morgan fingerprint density at radius 3 is 2.44 bits per heavy atom. The molecule has 180 valence electrons. The van der Waals surface area contributed by atoms with Crippen molar-refractivity contribution in [1.82, 2.24) is 19.7 Å². The molecule has 1 aliphatic rings. The summed E-state index contributed by atoms with van der Waals surface area (Å²) >= 11 is 1.53. The van der Waals surface area contributed by atoms with Crippen molar-refractivity contribution in [3.05, 3.63) is 35.3 Å². The summed E-state index contributed by atoms with van der Waals surface area (Å²) in [6.45, 7) is 11.1. The van der Waals surface area contributed by atoms with Crippen molar-refractivity contribution in [3.8, 4) is 10.6 Å². The van der Waals surface area contributed by atoms with E-state index in [1.165, 1.54) is 11.3 Å². The number of Topliss-reactive ketones (excluding diaryl/α,β-unsaturated/α-hetero) is 1. The molecule has 1 saturated heterocycles. The van der Waals surface area contributed by atoms with Crippen molar-refractivity contribution < 1.29 is 19.1 Å². The molecule has 0 N–H and O–H groups in total. The third kappa shape index (κ3) is 4.36. The molecular formula is C25H30N4O4S. The van der Waals surface area contributed by atoms with Gasteiger partial charge in [0.15, 0.2) is 12.3 Å². The third-order valence-corrected chi connectivity index (χ3v) is 6.99. The van der Waals surface area contributed by atoms with Crippen LogP contribution < -0.4 is 0 Å². The van der Waals surface area contributed by atoms with Crippen LogP contribution in [0.5, 0.6) is 0 Å². The van der Waals surface area contributed by atoms with Crippen LogP contribution in [0.15, 0.2) is 29.8 Å². The summed E-state index contributed by atoms with van der Waals surface area (Å²) in [5.41, 5.74) is 0.255. The zero-order chi connectivity index (χ0) is 24.8. The van der Waals surface area contributed by atoms with Gasteiger partial charge in [-0.2, -0.15) is 5.10 Å². The standard InChI is InChI=1S/C25H30N4O4S/c1-15(2)28-22-18(13-26-28)17(10-19(27-22)20-8-7-9-34-20)23(32)33-14-21(31)29-24(3,4)11-16(30)12-25(29,5)6/h7-10,13,15H,11-12,14H2,1-6H3. The number of rotatable bonds is 5. The monoisotopic (exact) mass is 482 g/mol. The fourth-order valence-electron chi connectivity index (χ4n) is 5.07. The second-order valence-corrected chi connectivity index (χ2v) is 11.2. The second-order valence-electron chi connectivity index (χ2n) is 10.3. The molecule has 0 bridgehead atoms. The fourth-order valence-corrected chi connectivity index (χ4v) is 5.75. The van der Waals surface area contributed by atoms with E-state index in [1.807, 2.05) is 59.1 Å². The summed E-state index contributed by atoms with van der Waals surface area (Å²) in [4.78, 5) is 45.9. The predicted molar refractivity (Wildman–Crippen MR) is 131 cm³/mol. The Hall–Kier alpha value is -3.07. The zero-order valence-electron chi connectivity index (χ0n) is 20.4. The number of pyridine rings is 1. The molecule has 0 aliphatic carbocycles. The average Bonchev–Trinajstić information content (AvgIpc) is 3.38. The SMILES string of the molecule is CC(C)n1ncc2c(C(=O)OCC(=O)N3C(C)(C)CC(=O)CC3(C)C)cc(-c3cccs3)nc21. The summed E-state index contributed by atoms with van der Waals surface area (Å²) in [6.07, 6.45) is 2.17. The number of fused-ring (bicyclic) bond motifs is 1. The number of nitrogens with zero attached hydrogens (tertiary/aromatic N) is 4. The number of ether oxygens (including phenoxy) is 1. The van der Waals surface area contributed by atoms with Crippen molar-refractivity contribution in [3.63, 3.8) is 0 Å². The first-order valence-corrected chi connectivity index (χ1v) is 12.2. The van der Waals surface area contributed by atoms with E-state index in [2.05, 4.69) is 5.10 Å². The van der Waals surface area contributed by atoms with E-state index in [9.17, 15) is 14.4 Å². The van der Waals surface area contributed by atoms with Crippen LogP contribution in [0, 0.1) is 0 Å². The van der Waals surface area contributed by atoms with E-state index in [4.69, 9.17) is 9.72 Å². The molecule has 1 aliphatic heterocycles. The third-order valence-electron chi connectivity index (χ3n) is 6.10. The summed E-state index contributed by atoms with van der Waals surface area (Å²) in [5, 5.41) is 6.95. The highest BCUT2D eigenvalue weighted by Gasteiger charge is 2.47. The van der Waals surface area contributed by atoms with E-state index in [1.54, 1.807) is 21.8 Å². The van der Waals surface area contributed by atoms with Crippen molar-refractivity contribution in [2.24, 2.45) is 0 Å². The van der Waals surface area contributed by atoms with Crippen LogP contribution in [-0.4, -0.2) is 55.0 Å². The first-order chi connectivity index (χ1) is 15.9. The van der Waals surface area contributed by atoms with E-state index >= 15 is 0 Å². The molecule has 0 unspecified atom stereocenters. The van der Waals surface area contributed by atoms with Gasteiger partial charge in [0.1, 0.15) is 5.78 Å². The molecule has 0 aromatic carbocycles. The van der Waals surface area contributed by atoms with Gasteiger partial charge in [-0.1, -0.05) is 6.07 Å². The molecule has 3 aromatic heterocycles. The lowest BCUT2D eigenvalue weighted by Crippen LogP contribution is -2.63. The van der Waals surface area contributed by atoms with Crippen LogP contribution in [0.2, 0.25) is 0 Å². The number of hydrogen-bond donors (Lipinski definition) is 0. The molecule has 1 amide bonds. The number of carbonyl (C=O) groups is 3. The van der Waals surface area contributed by atoms with Crippen molar-refractivity contribution in [2.45, 2.75) is 71.5 Å². The molecule has 1 fully saturated rings. The van der Waals surface area contributed by atoms with Gasteiger partial charge in [0.2, 0.25) is 0 Å². The van der Waals surface area contributed by atoms with E-state index in [-0.39, 0.29) is 30.6 Å². The van der Waals surface area contributed by atoms with Gasteiger partial charge in [0, 0.05) is 30.0 Å². The Morgan fingerprint density at radius 2 is 1.85 bits per heavy atom. The maximum atomic E-state index is 13.2. The molecule has 0 atom stereocenters. The predicted octanol–water partition coefficient (Wildman–Crippen LogP) is 4.65. The van der Waals surface area contributed by atoms with Crippen LogP contribution >= 0.6 is 11.3 Å². The number of esters is 1. The molecule has 8 nitrogen and oxygen atoms in total. The van der Waals surface area contributed by atoms with Gasteiger partial charge >= 0.3 is 5.97 Å². The number of carbonyl (C=O) groups excluding carboxylic acids is 3. The number of likely N-dealkylation sites (tertiary alicyclic amines) is 1. The van der Waals surface area contributed by atoms with Crippen LogP contribution in [0.4, 0.5) is 0 Å². The fraction of sp³-hybridized carbons (Fsp3) is 0.480. The van der Waals surface area contributed by atoms with Gasteiger partial charge in [-0.05, 0) is 59.1 Å². The number of thiophene rings is 1. The van der Waals surface area contributed by atoms with Crippen molar-refractivity contribution in [2.75, 3.05) is 6.61 Å². The van der Waals surface area contributed by atoms with Crippen LogP contribution in [0.3, 0.4) is 0 Å². The highest BCUT2D eigenvalue weighted by molar-refractivity contribution is 7.13. The number of ketones is 1. The number of aromatic nitrogens is 3. The lowest BCUT2D eigenvalue weighted by Gasteiger charge is -2.51. The van der Waals surface area contributed by atoms with Gasteiger partial charge < -0.3 is 9.64 Å². The van der Waals surface area contributed by atoms with Gasteiger partial charge in [0.25, 0.3) is 5.91 Å². The minimum Gasteiger partial charge on any atom is -0.452 e. The number of hydrogen-bond acceptors (Lipinski definition) is 7. The van der Waals surface area contributed by atoms with Gasteiger partial charge in [-0.15, -0.1) is 11.3 Å². The Labute approximate surface area is 202 Å². The lowest BCUT2D eigenvalue weighted by molar-refractivity contribution is -0.156. The normalized spacial score (nSPS) is 17.4. The maximum absolute atomic E-state index is 13.2. The highest BCUT2D eigenvalue weighted by Crippen LogP contribution is 2.37. The molecule has 4 heterocycles. The highest BCUT2D eigenvalue weighted by atomic mass is 32.1. The van der Waals surface area contributed by atoms with Crippen molar-refractivity contribution in [1.29, 1.82) is 0 Å². The van der Waals surface area contributed by atoms with Gasteiger partial charge in [-0.25, -0.2) is 14.5 Å². The summed E-state index contributed by atoms with van der Waals surface area (Å²) in [6, 6.07) is 5.62. The summed E-state index contributed by atoms with van der Waals surface area (Å²) in [7, 11) is 0. The van der Waals surface area contributed by atoms with E-state index in [0.717, 1.165) is 4.88 Å². The Balaban J connectivity index is 1.63. The van der Waals surface area contributed by atoms with Gasteiger partial charge in [-0.3, -0.25) is 9.59 Å². The Bertz CT molecular complexity index is 1240. The number of piperidine rings is 1. The molecular weight excluding hydrogens is 452 g/mol. The first kappa shape index (κ1) is 24.1. The minimum atomic E-state index is -0.656. The molecule has 4 rings (SSSR count). The van der Waals surface area contributed by atoms with Crippen molar-refractivity contribution >= 4 is 40.0 Å². The molecule has 0 radical (unpaired) electrons. The quantitative estimate of drug-likeness (QED) is 0.492. The molecule has 34 heavy (non-hydrogen) atoms. The summed E-state index contributed by atoms with van der Waals surface area (Å²) < 4.78 is 7.30. The Kier molecular flexibility index (Phi) is 6.10. The molecule has 3 aromatic rings. The topological polar surface area (TPSA) is 94.4 Å². The molecule has 9 heteroatoms. The van der Waals surface area contributed by atoms with Gasteiger partial charge in [0.05, 0.1) is 27.7 Å². The van der Waals surface area contributed by atoms with E-state index in [0.29, 0.717) is 22.3 Å². The zero-order valence-corrected chi connectivity index (χ0v) is 21.2. The average molecular weight is 483 g/mol. The molecule has 0 spiro atoms. The number of amides is 1. The first-order valence-electron chi connectivity index (χ1n) is 11.3. The smallest absolute Gasteiger partial charge is 0.339 e. The minimum absolute atomic E-state index is 0.0558. The Morgan fingerprint density at radius 1 is 1.18 bits per heavy atom. The van der Waals surface area contributed by atoms with Crippen LogP contribution in [0.1, 0.15) is 70.8 Å². The maximum Gasteiger partial charge on any atom is 0.339 e. The van der Waals surface area contributed by atoms with Crippen LogP contribution in [0.25, 0.3) is 21.6 Å². The molecule has 0 saturated carbocycles. The summed E-state index contributed by atoms with van der Waals surface area (Å²) in [5.74, 6) is -0.804. The lowest BCUT2D eigenvalue weighted by atomic mass is 9.79. The van der Waals surface area contributed by atoms with Crippen LogP contribution in [-0.2, 0) is 14.3 Å². The largest absolute Gasteiger partial charge is 0.452 e.